The van der Waals surface area contributed by atoms with Crippen LogP contribution in [0.2, 0.25) is 0 Å². The number of anilines is 3. The zero-order chi connectivity index (χ0) is 32.5. The number of urea groups is 1. The Bertz CT molecular complexity index is 1470. The minimum absolute atomic E-state index is 0.00606. The van der Waals surface area contributed by atoms with Crippen molar-refractivity contribution >= 4 is 29.3 Å². The molecule has 1 saturated carbocycles. The molecule has 2 aliphatic rings. The first-order valence-corrected chi connectivity index (χ1v) is 15.8. The number of carbonyl (C=O) groups is 2. The first-order chi connectivity index (χ1) is 22.1. The van der Waals surface area contributed by atoms with Gasteiger partial charge in [0, 0.05) is 49.2 Å². The fraction of sp³-hybridized carbons (Fsp3) is 0.455. The molecule has 2 fully saturated rings. The molecule has 1 aromatic carbocycles. The summed E-state index contributed by atoms with van der Waals surface area (Å²) in [5.41, 5.74) is 6.86. The van der Waals surface area contributed by atoms with Crippen molar-refractivity contribution in [2.24, 2.45) is 0 Å². The van der Waals surface area contributed by atoms with Crippen LogP contribution in [-0.2, 0) is 12.7 Å². The van der Waals surface area contributed by atoms with Gasteiger partial charge in [0.2, 0.25) is 0 Å². The molecule has 2 aromatic heterocycles. The summed E-state index contributed by atoms with van der Waals surface area (Å²) in [5, 5.41) is 11.8. The molecule has 1 aliphatic heterocycles. The van der Waals surface area contributed by atoms with Crippen molar-refractivity contribution in [1.29, 1.82) is 0 Å². The number of rotatable bonds is 10. The smallest absolute Gasteiger partial charge is 0.384 e. The van der Waals surface area contributed by atoms with Crippen LogP contribution in [0.1, 0.15) is 78.0 Å². The summed E-state index contributed by atoms with van der Waals surface area (Å²) in [4.78, 5) is 36.9. The fourth-order valence-electron chi connectivity index (χ4n) is 5.99. The molecular weight excluding hydrogens is 597 g/mol. The maximum Gasteiger partial charge on any atom is 0.416 e. The summed E-state index contributed by atoms with van der Waals surface area (Å²) in [7, 11) is 0. The molecular formula is C33H41F3N8O2. The molecule has 46 heavy (non-hydrogen) atoms. The van der Waals surface area contributed by atoms with Crippen molar-refractivity contribution < 1.29 is 22.8 Å². The normalized spacial score (nSPS) is 18.8. The van der Waals surface area contributed by atoms with E-state index in [2.05, 4.69) is 31.2 Å². The lowest BCUT2D eigenvalue weighted by atomic mass is 9.83. The van der Waals surface area contributed by atoms with E-state index in [0.717, 1.165) is 81.5 Å². The van der Waals surface area contributed by atoms with Crippen molar-refractivity contribution in [3.8, 4) is 0 Å². The van der Waals surface area contributed by atoms with Crippen LogP contribution in [0.4, 0.5) is 35.3 Å². The van der Waals surface area contributed by atoms with Gasteiger partial charge >= 0.3 is 12.2 Å². The molecule has 13 heteroatoms. The van der Waals surface area contributed by atoms with Crippen molar-refractivity contribution in [1.82, 2.24) is 30.8 Å². The first kappa shape index (κ1) is 33.0. The van der Waals surface area contributed by atoms with E-state index in [4.69, 9.17) is 10.7 Å². The minimum Gasteiger partial charge on any atom is -0.384 e. The highest BCUT2D eigenvalue weighted by Crippen LogP contribution is 2.35. The Morgan fingerprint density at radius 2 is 1.74 bits per heavy atom. The van der Waals surface area contributed by atoms with Crippen LogP contribution in [0, 0.1) is 0 Å². The average molecular weight is 639 g/mol. The largest absolute Gasteiger partial charge is 0.416 e. The van der Waals surface area contributed by atoms with Gasteiger partial charge in [0.1, 0.15) is 11.6 Å². The molecule has 3 amide bonds. The second-order valence-corrected chi connectivity index (χ2v) is 12.0. The Kier molecular flexibility index (Phi) is 10.9. The molecule has 1 aliphatic carbocycles. The van der Waals surface area contributed by atoms with Gasteiger partial charge in [-0.2, -0.15) is 13.2 Å². The van der Waals surface area contributed by atoms with Crippen LogP contribution in [0.25, 0.3) is 0 Å². The molecule has 0 radical (unpaired) electrons. The summed E-state index contributed by atoms with van der Waals surface area (Å²) in [6, 6.07) is 11.6. The molecule has 3 heterocycles. The van der Waals surface area contributed by atoms with E-state index < -0.39 is 11.7 Å². The molecule has 0 spiro atoms. The molecule has 0 unspecified atom stereocenters. The number of piperidine rings is 1. The van der Waals surface area contributed by atoms with Gasteiger partial charge in [0.25, 0.3) is 5.91 Å². The second-order valence-electron chi connectivity index (χ2n) is 12.0. The Morgan fingerprint density at radius 3 is 2.46 bits per heavy atom. The van der Waals surface area contributed by atoms with Gasteiger partial charge in [-0.15, -0.1) is 0 Å². The molecule has 0 bridgehead atoms. The number of hydrogen-bond donors (Lipinski definition) is 5. The summed E-state index contributed by atoms with van der Waals surface area (Å²) in [6.45, 7) is 3.56. The van der Waals surface area contributed by atoms with E-state index in [1.54, 1.807) is 18.3 Å². The van der Waals surface area contributed by atoms with E-state index in [0.29, 0.717) is 18.9 Å². The third kappa shape index (κ3) is 9.32. The zero-order valence-electron chi connectivity index (χ0n) is 25.7. The number of benzene rings is 1. The van der Waals surface area contributed by atoms with Crippen LogP contribution in [-0.4, -0.2) is 59.0 Å². The highest BCUT2D eigenvalue weighted by molar-refractivity contribution is 5.99. The first-order valence-electron chi connectivity index (χ1n) is 15.8. The monoisotopic (exact) mass is 638 g/mol. The minimum atomic E-state index is -4.50. The Hall–Kier alpha value is -4.39. The van der Waals surface area contributed by atoms with Gasteiger partial charge in [-0.1, -0.05) is 18.6 Å². The van der Waals surface area contributed by atoms with Crippen LogP contribution in [0.15, 0.2) is 54.7 Å². The summed E-state index contributed by atoms with van der Waals surface area (Å²) < 4.78 is 40.2. The average Bonchev–Trinajstić information content (AvgIpc) is 3.05. The third-order valence-electron chi connectivity index (χ3n) is 8.56. The molecule has 5 rings (SSSR count). The van der Waals surface area contributed by atoms with Crippen LogP contribution in [0.5, 0.6) is 0 Å². The summed E-state index contributed by atoms with van der Waals surface area (Å²) >= 11 is 0. The maximum absolute atomic E-state index is 13.4. The van der Waals surface area contributed by atoms with E-state index >= 15 is 0 Å². The number of nitrogens with zero attached hydrogens (tertiary/aromatic N) is 3. The molecule has 10 nitrogen and oxygen atoms in total. The zero-order valence-corrected chi connectivity index (χ0v) is 25.7. The molecule has 6 N–H and O–H groups in total. The highest BCUT2D eigenvalue weighted by Gasteiger charge is 2.31. The number of aromatic nitrogens is 2. The van der Waals surface area contributed by atoms with Crippen LogP contribution in [0.3, 0.4) is 0 Å². The fourth-order valence-corrected chi connectivity index (χ4v) is 5.99. The molecule has 246 valence electrons. The van der Waals surface area contributed by atoms with Gasteiger partial charge in [0.15, 0.2) is 0 Å². The van der Waals surface area contributed by atoms with Crippen LogP contribution < -0.4 is 27.0 Å². The number of alkyl halides is 3. The predicted octanol–water partition coefficient (Wildman–Crippen LogP) is 5.56. The predicted molar refractivity (Wildman–Crippen MR) is 171 cm³/mol. The van der Waals surface area contributed by atoms with Crippen molar-refractivity contribution in [3.05, 3.63) is 77.1 Å². The number of nitrogens with two attached hydrogens (primary N) is 1. The third-order valence-corrected chi connectivity index (χ3v) is 8.56. The number of amides is 3. The Labute approximate surface area is 266 Å². The van der Waals surface area contributed by atoms with E-state index in [1.807, 2.05) is 12.1 Å². The maximum atomic E-state index is 13.4. The number of nitrogen functional groups attached to an aromatic ring is 1. The quantitative estimate of drug-likeness (QED) is 0.196. The van der Waals surface area contributed by atoms with E-state index in [1.165, 1.54) is 18.6 Å². The molecule has 1 saturated heterocycles. The van der Waals surface area contributed by atoms with Crippen LogP contribution >= 0.6 is 0 Å². The van der Waals surface area contributed by atoms with Gasteiger partial charge in [0.05, 0.1) is 11.1 Å². The van der Waals surface area contributed by atoms with Gasteiger partial charge in [-0.3, -0.25) is 4.79 Å². The number of hydrogen-bond acceptors (Lipinski definition) is 7. The van der Waals surface area contributed by atoms with Crippen molar-refractivity contribution in [3.63, 3.8) is 0 Å². The number of pyridine rings is 2. The Balaban J connectivity index is 1.22. The standard InChI is InChI=1S/C33H41F3N8O2/c34-33(35,36)24-5-4-6-26(19-24)41-30-27(31(45)38-15-18-44-16-2-1-3-17-44)12-13-28(43-30)23-8-10-25(11-9-23)42-32(46)40-21-22-7-14-29(37)39-20-22/h4-7,12-14,19-20,23,25H,1-3,8-11,15-18,21H2,(H2,37,39)(H,38,45)(H,41,43)(H2,40,42,46)/t23-,25+. The summed E-state index contributed by atoms with van der Waals surface area (Å²) in [6.07, 6.45) is 3.62. The van der Waals surface area contributed by atoms with Crippen molar-refractivity contribution in [2.45, 2.75) is 69.6 Å². The van der Waals surface area contributed by atoms with E-state index in [-0.39, 0.29) is 41.0 Å². The van der Waals surface area contributed by atoms with Gasteiger partial charge in [-0.25, -0.2) is 14.8 Å². The number of nitrogens with one attached hydrogen (secondary N) is 4. The van der Waals surface area contributed by atoms with Gasteiger partial charge in [-0.05, 0) is 93.6 Å². The van der Waals surface area contributed by atoms with E-state index in [9.17, 15) is 22.8 Å². The van der Waals surface area contributed by atoms with Crippen molar-refractivity contribution in [2.75, 3.05) is 37.2 Å². The molecule has 3 aromatic rings. The van der Waals surface area contributed by atoms with Gasteiger partial charge < -0.3 is 31.9 Å². The second kappa shape index (κ2) is 15.3. The summed E-state index contributed by atoms with van der Waals surface area (Å²) in [5.74, 6) is 0.364. The topological polar surface area (TPSA) is 137 Å². The number of likely N-dealkylation sites (tertiary alicyclic amines) is 1. The highest BCUT2D eigenvalue weighted by atomic mass is 19.4. The lowest BCUT2D eigenvalue weighted by Gasteiger charge is -2.29. The SMILES string of the molecule is Nc1ccc(CNC(=O)N[C@H]2CC[C@@H](c3ccc(C(=O)NCCN4CCCCC4)c(Nc4cccc(C(F)(F)F)c4)n3)CC2)cn1. The molecule has 0 atom stereocenters. The lowest BCUT2D eigenvalue weighted by Crippen LogP contribution is -2.43. The number of carbonyl (C=O) groups excluding carboxylic acids is 2. The number of halogens is 3. The Morgan fingerprint density at radius 1 is 0.957 bits per heavy atom. The lowest BCUT2D eigenvalue weighted by molar-refractivity contribution is -0.137.